The molecule has 1 unspecified atom stereocenters. The van der Waals surface area contributed by atoms with E-state index in [2.05, 4.69) is 4.98 Å². The van der Waals surface area contributed by atoms with Gasteiger partial charge in [-0.3, -0.25) is 0 Å². The van der Waals surface area contributed by atoms with Crippen LogP contribution in [0, 0.1) is 17.1 Å². The van der Waals surface area contributed by atoms with Crippen LogP contribution in [0.5, 0.6) is 5.75 Å². The molecule has 1 aromatic carbocycles. The van der Waals surface area contributed by atoms with Crippen LogP contribution in [0.3, 0.4) is 0 Å². The second-order valence-electron chi connectivity index (χ2n) is 7.27. The molecule has 8 nitrogen and oxygen atoms in total. The summed E-state index contributed by atoms with van der Waals surface area (Å²) in [6.45, 7) is 1.06. The molecule has 166 valence electrons. The van der Waals surface area contributed by atoms with Crippen molar-refractivity contribution in [1.29, 1.82) is 5.26 Å². The van der Waals surface area contributed by atoms with Crippen LogP contribution in [0.15, 0.2) is 41.6 Å². The Balaban J connectivity index is 1.93. The highest BCUT2D eigenvalue weighted by Crippen LogP contribution is 2.34. The average molecular weight is 470 g/mol. The Morgan fingerprint density at radius 2 is 2.19 bits per heavy atom. The smallest absolute Gasteiger partial charge is 0.260 e. The van der Waals surface area contributed by atoms with Crippen LogP contribution in [-0.2, 0) is 10.0 Å². The number of aliphatic hydroxyl groups excluding tert-OH is 1. The van der Waals surface area contributed by atoms with Crippen LogP contribution in [0.25, 0.3) is 0 Å². The van der Waals surface area contributed by atoms with Gasteiger partial charge in [0, 0.05) is 18.8 Å². The van der Waals surface area contributed by atoms with Crippen LogP contribution in [0.2, 0.25) is 5.02 Å². The molecule has 0 amide bonds. The van der Waals surface area contributed by atoms with Gasteiger partial charge in [-0.15, -0.1) is 0 Å². The molecule has 0 saturated carbocycles. The van der Waals surface area contributed by atoms with Gasteiger partial charge in [-0.2, -0.15) is 9.57 Å². The Morgan fingerprint density at radius 3 is 2.77 bits per heavy atom. The molecule has 11 heteroatoms. The van der Waals surface area contributed by atoms with Crippen molar-refractivity contribution >= 4 is 21.6 Å². The molecule has 1 aliphatic heterocycles. The SMILES string of the molecule is CCCC(O)[C@]1(O)CN(S(=O)(=O)c2ccc(Cl)cn2)C[C@@H]1Oc1ccc(C#N)c(F)c1. The Labute approximate surface area is 184 Å². The summed E-state index contributed by atoms with van der Waals surface area (Å²) in [5.41, 5.74) is -2.13. The number of benzene rings is 1. The van der Waals surface area contributed by atoms with Crippen molar-refractivity contribution in [1.82, 2.24) is 9.29 Å². The number of hydrogen-bond acceptors (Lipinski definition) is 7. The fourth-order valence-corrected chi connectivity index (χ4v) is 4.94. The summed E-state index contributed by atoms with van der Waals surface area (Å²) in [6, 6.07) is 7.84. The van der Waals surface area contributed by atoms with Gasteiger partial charge < -0.3 is 14.9 Å². The molecule has 31 heavy (non-hydrogen) atoms. The number of rotatable bonds is 7. The van der Waals surface area contributed by atoms with E-state index in [9.17, 15) is 23.0 Å². The first kappa shape index (κ1) is 23.4. The Morgan fingerprint density at radius 1 is 1.45 bits per heavy atom. The summed E-state index contributed by atoms with van der Waals surface area (Å²) in [6.07, 6.45) is -0.554. The summed E-state index contributed by atoms with van der Waals surface area (Å²) in [5, 5.41) is 30.7. The lowest BCUT2D eigenvalue weighted by atomic mass is 9.90. The molecule has 3 rings (SSSR count). The summed E-state index contributed by atoms with van der Waals surface area (Å²) in [5.74, 6) is -0.821. The van der Waals surface area contributed by atoms with E-state index in [0.717, 1.165) is 10.4 Å². The monoisotopic (exact) mass is 469 g/mol. The highest BCUT2D eigenvalue weighted by Gasteiger charge is 2.55. The van der Waals surface area contributed by atoms with E-state index < -0.39 is 40.2 Å². The first-order chi connectivity index (χ1) is 14.6. The first-order valence-corrected chi connectivity index (χ1v) is 11.3. The second kappa shape index (κ2) is 9.06. The zero-order chi connectivity index (χ0) is 22.8. The third-order valence-corrected chi connectivity index (χ3v) is 7.09. The van der Waals surface area contributed by atoms with E-state index in [1.165, 1.54) is 30.5 Å². The molecule has 0 radical (unpaired) electrons. The number of sulfonamides is 1. The summed E-state index contributed by atoms with van der Waals surface area (Å²) in [7, 11) is -4.12. The van der Waals surface area contributed by atoms with Crippen molar-refractivity contribution in [3.63, 3.8) is 0 Å². The molecule has 0 aliphatic carbocycles. The normalized spacial score (nSPS) is 22.8. The number of nitriles is 1. The van der Waals surface area contributed by atoms with E-state index in [1.54, 1.807) is 13.0 Å². The second-order valence-corrected chi connectivity index (χ2v) is 9.59. The zero-order valence-corrected chi connectivity index (χ0v) is 18.1. The van der Waals surface area contributed by atoms with Crippen LogP contribution in [-0.4, -0.2) is 58.8 Å². The molecule has 0 bridgehead atoms. The van der Waals surface area contributed by atoms with E-state index in [1.807, 2.05) is 0 Å². The minimum absolute atomic E-state index is 0.00695. The van der Waals surface area contributed by atoms with Crippen molar-refractivity contribution in [2.24, 2.45) is 0 Å². The van der Waals surface area contributed by atoms with Gasteiger partial charge in [0.15, 0.2) is 5.03 Å². The van der Waals surface area contributed by atoms with Crippen molar-refractivity contribution in [3.05, 3.63) is 52.9 Å². The van der Waals surface area contributed by atoms with Gasteiger partial charge in [0.25, 0.3) is 10.0 Å². The maximum Gasteiger partial charge on any atom is 0.260 e. The summed E-state index contributed by atoms with van der Waals surface area (Å²) < 4.78 is 46.7. The van der Waals surface area contributed by atoms with Gasteiger partial charge in [-0.05, 0) is 30.7 Å². The average Bonchev–Trinajstić information content (AvgIpc) is 3.07. The maximum atomic E-state index is 14.0. The number of hydrogen-bond donors (Lipinski definition) is 2. The van der Waals surface area contributed by atoms with E-state index in [4.69, 9.17) is 21.6 Å². The largest absolute Gasteiger partial charge is 0.486 e. The molecule has 2 heterocycles. The lowest BCUT2D eigenvalue weighted by Gasteiger charge is -2.33. The van der Waals surface area contributed by atoms with Gasteiger partial charge in [0.05, 0.1) is 23.2 Å². The molecule has 1 aliphatic rings. The predicted octanol–water partition coefficient (Wildman–Crippen LogP) is 2.09. The van der Waals surface area contributed by atoms with Crippen LogP contribution in [0.1, 0.15) is 25.3 Å². The number of pyridine rings is 1. The third kappa shape index (κ3) is 4.66. The molecule has 2 N–H and O–H groups in total. The van der Waals surface area contributed by atoms with Crippen LogP contribution >= 0.6 is 11.6 Å². The Bertz CT molecular complexity index is 1090. The minimum Gasteiger partial charge on any atom is -0.486 e. The van der Waals surface area contributed by atoms with E-state index in [0.29, 0.717) is 6.42 Å². The fraction of sp³-hybridized carbons (Fsp3) is 0.400. The fourth-order valence-electron chi connectivity index (χ4n) is 3.43. The predicted molar refractivity (Wildman–Crippen MR) is 109 cm³/mol. The number of halogens is 2. The van der Waals surface area contributed by atoms with Gasteiger partial charge in [0.2, 0.25) is 0 Å². The Kier molecular flexibility index (Phi) is 6.83. The summed E-state index contributed by atoms with van der Waals surface area (Å²) >= 11 is 5.78. The van der Waals surface area contributed by atoms with Crippen molar-refractivity contribution < 1.29 is 27.8 Å². The molecule has 0 spiro atoms. The van der Waals surface area contributed by atoms with Gasteiger partial charge in [0.1, 0.15) is 29.3 Å². The van der Waals surface area contributed by atoms with Gasteiger partial charge in [-0.25, -0.2) is 17.8 Å². The molecule has 3 atom stereocenters. The highest BCUT2D eigenvalue weighted by atomic mass is 35.5. The number of aliphatic hydroxyl groups is 2. The highest BCUT2D eigenvalue weighted by molar-refractivity contribution is 7.89. The van der Waals surface area contributed by atoms with E-state index in [-0.39, 0.29) is 34.3 Å². The van der Waals surface area contributed by atoms with Crippen LogP contribution < -0.4 is 4.74 Å². The molecular weight excluding hydrogens is 449 g/mol. The zero-order valence-electron chi connectivity index (χ0n) is 16.6. The topological polar surface area (TPSA) is 124 Å². The molecule has 1 saturated heterocycles. The van der Waals surface area contributed by atoms with Gasteiger partial charge >= 0.3 is 0 Å². The van der Waals surface area contributed by atoms with Gasteiger partial charge in [-0.1, -0.05) is 24.9 Å². The first-order valence-electron chi connectivity index (χ1n) is 9.50. The third-order valence-electron chi connectivity index (χ3n) is 5.14. The maximum absolute atomic E-state index is 14.0. The Hall–Kier alpha value is -2.29. The molecular formula is C20H21ClFN3O5S. The molecule has 1 aromatic heterocycles. The number of nitrogens with zero attached hydrogens (tertiary/aromatic N) is 3. The quantitative estimate of drug-likeness (QED) is 0.636. The van der Waals surface area contributed by atoms with E-state index >= 15 is 0 Å². The number of aromatic nitrogens is 1. The summed E-state index contributed by atoms with van der Waals surface area (Å²) in [4.78, 5) is 3.84. The van der Waals surface area contributed by atoms with Crippen molar-refractivity contribution in [3.8, 4) is 11.8 Å². The lowest BCUT2D eigenvalue weighted by molar-refractivity contribution is -0.114. The van der Waals surface area contributed by atoms with Crippen LogP contribution in [0.4, 0.5) is 4.39 Å². The minimum atomic E-state index is -4.12. The lowest BCUT2D eigenvalue weighted by Crippen LogP contribution is -2.54. The molecule has 2 aromatic rings. The standard InChI is InChI=1S/C20H21ClFN3O5S/c1-2-3-17(26)20(27)12-25(31(28,29)19-7-5-14(21)10-24-19)11-18(20)30-15-6-4-13(9-23)16(22)8-15/h4-8,10,17-18,26-27H,2-3,11-12H2,1H3/t17?,18-,20+/m0/s1. The molecule has 1 fully saturated rings. The number of β-amino-alcohol motifs (C(OH)–C–C–N with tert-alkyl or cyclic N) is 1. The van der Waals surface area contributed by atoms with Crippen molar-refractivity contribution in [2.45, 2.75) is 42.6 Å². The van der Waals surface area contributed by atoms with Crippen molar-refractivity contribution in [2.75, 3.05) is 13.1 Å². The number of ether oxygens (including phenoxy) is 1.